The highest BCUT2D eigenvalue weighted by molar-refractivity contribution is 7.20. The molecule has 2 aromatic heterocycles. The summed E-state index contributed by atoms with van der Waals surface area (Å²) in [4.78, 5) is 28.3. The molecule has 3 rings (SSSR count). The number of cyclic esters (lactones) is 1. The number of nitrogens with zero attached hydrogens (tertiary/aromatic N) is 1. The summed E-state index contributed by atoms with van der Waals surface area (Å²) in [5.74, 6) is -1.06. The second-order valence-electron chi connectivity index (χ2n) is 3.87. The Morgan fingerprint density at radius 2 is 2.37 bits per heavy atom. The molecule has 5 nitrogen and oxygen atoms in total. The molecular formula is C12H9NO4S2. The second-order valence-corrected chi connectivity index (χ2v) is 5.67. The molecule has 7 heteroatoms. The Morgan fingerprint density at radius 3 is 3.05 bits per heavy atom. The van der Waals surface area contributed by atoms with Gasteiger partial charge in [-0.3, -0.25) is 0 Å². The summed E-state index contributed by atoms with van der Waals surface area (Å²) in [5, 5.41) is 4.36. The van der Waals surface area contributed by atoms with Crippen LogP contribution >= 0.6 is 22.7 Å². The predicted octanol–water partition coefficient (Wildman–Crippen LogP) is 2.34. The van der Waals surface area contributed by atoms with Gasteiger partial charge in [-0.25, -0.2) is 14.6 Å². The van der Waals surface area contributed by atoms with Crippen molar-refractivity contribution < 1.29 is 19.1 Å². The molecule has 0 aromatic carbocycles. The van der Waals surface area contributed by atoms with Gasteiger partial charge < -0.3 is 9.47 Å². The lowest BCUT2D eigenvalue weighted by Crippen LogP contribution is -2.22. The van der Waals surface area contributed by atoms with Crippen LogP contribution in [0.25, 0.3) is 9.88 Å². The fourth-order valence-electron chi connectivity index (χ4n) is 1.65. The molecule has 0 bridgehead atoms. The van der Waals surface area contributed by atoms with E-state index in [9.17, 15) is 9.59 Å². The van der Waals surface area contributed by atoms with Crippen LogP contribution in [0.4, 0.5) is 0 Å². The van der Waals surface area contributed by atoms with Crippen LogP contribution < -0.4 is 0 Å². The largest absolute Gasteiger partial charge is 0.463 e. The van der Waals surface area contributed by atoms with E-state index in [4.69, 9.17) is 9.47 Å². The molecule has 1 aliphatic rings. The summed E-state index contributed by atoms with van der Waals surface area (Å²) < 4.78 is 9.81. The van der Waals surface area contributed by atoms with Gasteiger partial charge in [-0.1, -0.05) is 6.07 Å². The van der Waals surface area contributed by atoms with Crippen molar-refractivity contribution in [2.45, 2.75) is 12.5 Å². The van der Waals surface area contributed by atoms with Gasteiger partial charge in [0.25, 0.3) is 0 Å². The lowest BCUT2D eigenvalue weighted by atomic mass is 10.3. The molecule has 1 fully saturated rings. The zero-order valence-corrected chi connectivity index (χ0v) is 11.3. The Hall–Kier alpha value is -1.73. The van der Waals surface area contributed by atoms with Crippen LogP contribution in [0.3, 0.4) is 0 Å². The third-order valence-corrected chi connectivity index (χ3v) is 4.46. The van der Waals surface area contributed by atoms with Crippen LogP contribution in [0.1, 0.15) is 16.9 Å². The molecule has 0 aliphatic carbocycles. The smallest absolute Gasteiger partial charge is 0.358 e. The Bertz CT molecular complexity index is 605. The van der Waals surface area contributed by atoms with E-state index in [-0.39, 0.29) is 5.69 Å². The Kier molecular flexibility index (Phi) is 3.31. The maximum atomic E-state index is 11.8. The normalized spacial score (nSPS) is 18.3. The van der Waals surface area contributed by atoms with E-state index in [1.165, 1.54) is 11.3 Å². The van der Waals surface area contributed by atoms with E-state index >= 15 is 0 Å². The number of thiazole rings is 1. The molecule has 0 unspecified atom stereocenters. The lowest BCUT2D eigenvalue weighted by Gasteiger charge is -2.05. The van der Waals surface area contributed by atoms with Crippen molar-refractivity contribution in [3.05, 3.63) is 28.6 Å². The fraction of sp³-hybridized carbons (Fsp3) is 0.250. The number of carbonyl (C=O) groups excluding carboxylic acids is 2. The maximum Gasteiger partial charge on any atom is 0.358 e. The van der Waals surface area contributed by atoms with Crippen molar-refractivity contribution in [2.24, 2.45) is 0 Å². The van der Waals surface area contributed by atoms with Crippen LogP contribution in [0.5, 0.6) is 0 Å². The number of esters is 2. The van der Waals surface area contributed by atoms with Crippen LogP contribution in [0.2, 0.25) is 0 Å². The van der Waals surface area contributed by atoms with Crippen LogP contribution in [0, 0.1) is 0 Å². The molecule has 98 valence electrons. The number of ether oxygens (including phenoxy) is 2. The number of aromatic nitrogens is 1. The standard InChI is InChI=1S/C12H9NO4S2/c14-11(17-8-3-4-16-12(8)15)7-6-19-10(13-7)9-2-1-5-18-9/h1-2,5-6,8H,3-4H2/t8-/m0/s1. The first-order chi connectivity index (χ1) is 9.24. The molecule has 1 saturated heterocycles. The minimum Gasteiger partial charge on any atom is -0.463 e. The zero-order chi connectivity index (χ0) is 13.2. The summed E-state index contributed by atoms with van der Waals surface area (Å²) in [5.41, 5.74) is 0.230. The van der Waals surface area contributed by atoms with Gasteiger partial charge in [0.05, 0.1) is 11.5 Å². The summed E-state index contributed by atoms with van der Waals surface area (Å²) in [7, 11) is 0. The Morgan fingerprint density at radius 1 is 1.47 bits per heavy atom. The number of hydrogen-bond donors (Lipinski definition) is 0. The van der Waals surface area contributed by atoms with E-state index in [2.05, 4.69) is 4.98 Å². The van der Waals surface area contributed by atoms with Crippen molar-refractivity contribution in [3.8, 4) is 9.88 Å². The van der Waals surface area contributed by atoms with Crippen molar-refractivity contribution in [1.29, 1.82) is 0 Å². The van der Waals surface area contributed by atoms with Crippen molar-refractivity contribution in [1.82, 2.24) is 4.98 Å². The average molecular weight is 295 g/mol. The zero-order valence-electron chi connectivity index (χ0n) is 9.70. The highest BCUT2D eigenvalue weighted by Gasteiger charge is 2.31. The van der Waals surface area contributed by atoms with Crippen molar-refractivity contribution in [3.63, 3.8) is 0 Å². The molecule has 0 N–H and O–H groups in total. The maximum absolute atomic E-state index is 11.8. The summed E-state index contributed by atoms with van der Waals surface area (Å²) >= 11 is 2.93. The van der Waals surface area contributed by atoms with Gasteiger partial charge in [0.1, 0.15) is 5.01 Å². The SMILES string of the molecule is O=C(O[C@H]1CCOC1=O)c1csc(-c2cccs2)n1. The number of rotatable bonds is 3. The molecule has 1 aliphatic heterocycles. The molecule has 0 radical (unpaired) electrons. The first kappa shape index (κ1) is 12.3. The molecular weight excluding hydrogens is 286 g/mol. The predicted molar refractivity (Wildman–Crippen MR) is 70.2 cm³/mol. The quantitative estimate of drug-likeness (QED) is 0.813. The Labute approximate surface area is 116 Å². The monoisotopic (exact) mass is 295 g/mol. The number of carbonyl (C=O) groups is 2. The van der Waals surface area contributed by atoms with Crippen LogP contribution in [-0.2, 0) is 14.3 Å². The van der Waals surface area contributed by atoms with E-state index < -0.39 is 18.0 Å². The minimum atomic E-state index is -0.792. The van der Waals surface area contributed by atoms with E-state index in [1.807, 2.05) is 17.5 Å². The average Bonchev–Trinajstić information content (AvgIpc) is 3.09. The number of thiophene rings is 1. The van der Waals surface area contributed by atoms with Gasteiger partial charge in [0, 0.05) is 11.8 Å². The van der Waals surface area contributed by atoms with E-state index in [0.29, 0.717) is 13.0 Å². The molecule has 0 saturated carbocycles. The van der Waals surface area contributed by atoms with Crippen molar-refractivity contribution in [2.75, 3.05) is 6.61 Å². The first-order valence-corrected chi connectivity index (χ1v) is 7.37. The van der Waals surface area contributed by atoms with E-state index in [0.717, 1.165) is 9.88 Å². The molecule has 19 heavy (non-hydrogen) atoms. The van der Waals surface area contributed by atoms with Gasteiger partial charge in [-0.2, -0.15) is 0 Å². The molecule has 3 heterocycles. The Balaban J connectivity index is 1.72. The fourth-order valence-corrected chi connectivity index (χ4v) is 3.26. The molecule has 0 spiro atoms. The van der Waals surface area contributed by atoms with Gasteiger partial charge in [0.15, 0.2) is 5.69 Å². The molecule has 1 atom stereocenters. The van der Waals surface area contributed by atoms with Crippen LogP contribution in [-0.4, -0.2) is 29.6 Å². The summed E-state index contributed by atoms with van der Waals surface area (Å²) in [6, 6.07) is 3.86. The topological polar surface area (TPSA) is 65.5 Å². The second kappa shape index (κ2) is 5.10. The van der Waals surface area contributed by atoms with E-state index in [1.54, 1.807) is 16.7 Å². The van der Waals surface area contributed by atoms with Gasteiger partial charge in [-0.05, 0) is 11.4 Å². The third-order valence-electron chi connectivity index (χ3n) is 2.58. The van der Waals surface area contributed by atoms with Crippen molar-refractivity contribution >= 4 is 34.6 Å². The summed E-state index contributed by atoms with van der Waals surface area (Å²) in [6.45, 7) is 0.300. The third kappa shape index (κ3) is 2.52. The molecule has 0 amide bonds. The van der Waals surface area contributed by atoms with Gasteiger partial charge in [-0.15, -0.1) is 22.7 Å². The molecule has 2 aromatic rings. The van der Waals surface area contributed by atoms with Crippen LogP contribution in [0.15, 0.2) is 22.9 Å². The number of hydrogen-bond acceptors (Lipinski definition) is 7. The minimum absolute atomic E-state index is 0.230. The van der Waals surface area contributed by atoms with Gasteiger partial charge in [0.2, 0.25) is 6.10 Å². The highest BCUT2D eigenvalue weighted by Crippen LogP contribution is 2.28. The van der Waals surface area contributed by atoms with Gasteiger partial charge >= 0.3 is 11.9 Å². The first-order valence-electron chi connectivity index (χ1n) is 5.61. The summed E-state index contributed by atoms with van der Waals surface area (Å²) in [6.07, 6.45) is -0.383. The lowest BCUT2D eigenvalue weighted by molar-refractivity contribution is -0.145. The highest BCUT2D eigenvalue weighted by atomic mass is 32.1.